The second-order valence-corrected chi connectivity index (χ2v) is 2.78. The second-order valence-electron chi connectivity index (χ2n) is 2.78. The summed E-state index contributed by atoms with van der Waals surface area (Å²) in [6.45, 7) is -0.382. The lowest BCUT2D eigenvalue weighted by molar-refractivity contribution is -0.455. The molecule has 82 valence electrons. The summed E-state index contributed by atoms with van der Waals surface area (Å²) in [5, 5.41) is 29.9. The molecule has 1 N–H and O–H groups in total. The van der Waals surface area contributed by atoms with Crippen molar-refractivity contribution in [1.82, 2.24) is 9.55 Å². The van der Waals surface area contributed by atoms with Gasteiger partial charge in [0, 0.05) is 0 Å². The molecule has 0 aliphatic carbocycles. The number of aliphatic hydroxyl groups excluding tert-OH is 1. The Kier molecular flexibility index (Phi) is 3.34. The van der Waals surface area contributed by atoms with E-state index in [0.717, 1.165) is 12.4 Å². The van der Waals surface area contributed by atoms with Crippen LogP contribution in [0.5, 0.6) is 0 Å². The summed E-state index contributed by atoms with van der Waals surface area (Å²) < 4.78 is 1.65. The fourth-order valence-electron chi connectivity index (χ4n) is 0.996. The fraction of sp³-hybridized carbons (Fsp3) is 0.429. The number of aliphatic hydroxyl groups is 1. The Bertz CT molecular complexity index is 398. The van der Waals surface area contributed by atoms with Crippen LogP contribution in [-0.4, -0.2) is 43.7 Å². The predicted octanol–water partition coefficient (Wildman–Crippen LogP) is -0.750. The Morgan fingerprint density at radius 1 is 1.67 bits per heavy atom. The monoisotopic (exact) mass is 214 g/mol. The number of hydrogen-bond acceptors (Lipinski definition) is 5. The largest absolute Gasteiger partial charge is 0.624 e. The molecule has 0 saturated carbocycles. The third kappa shape index (κ3) is 2.50. The Morgan fingerprint density at radius 3 is 2.80 bits per heavy atom. The van der Waals surface area contributed by atoms with Gasteiger partial charge in [-0.25, -0.2) is 14.3 Å². The first-order valence-corrected chi connectivity index (χ1v) is 4.12. The number of rotatable bonds is 4. The molecule has 0 saturated heterocycles. The number of nitro groups is 1. The van der Waals surface area contributed by atoms with E-state index in [1.807, 2.05) is 0 Å². The lowest BCUT2D eigenvalue weighted by atomic mass is 10.6. The van der Waals surface area contributed by atoms with Gasteiger partial charge in [-0.2, -0.15) is 0 Å². The molecule has 0 aliphatic rings. The fourth-order valence-corrected chi connectivity index (χ4v) is 0.996. The van der Waals surface area contributed by atoms with E-state index in [9.17, 15) is 15.3 Å². The molecule has 0 aromatic carbocycles. The van der Waals surface area contributed by atoms with Gasteiger partial charge < -0.3 is 20.4 Å². The summed E-state index contributed by atoms with van der Waals surface area (Å²) in [5.41, 5.74) is 0. The topological polar surface area (TPSA) is 107 Å². The van der Waals surface area contributed by atoms with Gasteiger partial charge in [-0.15, -0.1) is 0 Å². The van der Waals surface area contributed by atoms with E-state index in [0.29, 0.717) is 4.74 Å². The molecule has 15 heavy (non-hydrogen) atoms. The van der Waals surface area contributed by atoms with Crippen molar-refractivity contribution in [2.45, 2.75) is 0 Å². The first-order valence-electron chi connectivity index (χ1n) is 4.12. The summed E-state index contributed by atoms with van der Waals surface area (Å²) >= 11 is 0. The molecule has 0 radical (unpaired) electrons. The minimum absolute atomic E-state index is 0.0966. The Morgan fingerprint density at radius 2 is 2.33 bits per heavy atom. The lowest BCUT2D eigenvalue weighted by Crippen LogP contribution is -2.13. The van der Waals surface area contributed by atoms with Crippen molar-refractivity contribution in [3.05, 3.63) is 27.3 Å². The van der Waals surface area contributed by atoms with E-state index in [4.69, 9.17) is 5.11 Å². The van der Waals surface area contributed by atoms with Gasteiger partial charge >= 0.3 is 5.82 Å². The van der Waals surface area contributed by atoms with Crippen LogP contribution >= 0.6 is 0 Å². The van der Waals surface area contributed by atoms with Gasteiger partial charge in [0.25, 0.3) is 5.82 Å². The van der Waals surface area contributed by atoms with Crippen molar-refractivity contribution in [2.75, 3.05) is 13.2 Å². The molecule has 1 rings (SSSR count). The van der Waals surface area contributed by atoms with Gasteiger partial charge in [0.05, 0.1) is 7.05 Å². The number of hydroxylamine groups is 1. The Labute approximate surface area is 84.8 Å². The van der Waals surface area contributed by atoms with Crippen molar-refractivity contribution >= 4 is 12.0 Å². The Hall–Kier alpha value is -1.96. The van der Waals surface area contributed by atoms with E-state index >= 15 is 0 Å². The maximum absolute atomic E-state index is 11.0. The summed E-state index contributed by atoms with van der Waals surface area (Å²) in [4.78, 5) is 13.6. The number of aromatic nitrogens is 2. The van der Waals surface area contributed by atoms with Gasteiger partial charge in [0.1, 0.15) is 12.8 Å². The van der Waals surface area contributed by atoms with E-state index in [1.54, 1.807) is 0 Å². The number of imidazole rings is 1. The molecule has 1 aromatic rings. The van der Waals surface area contributed by atoms with Crippen molar-refractivity contribution in [1.29, 1.82) is 0 Å². The van der Waals surface area contributed by atoms with Gasteiger partial charge in [-0.1, -0.05) is 0 Å². The second kappa shape index (κ2) is 4.51. The van der Waals surface area contributed by atoms with Gasteiger partial charge in [0.15, 0.2) is 6.54 Å². The molecule has 1 heterocycles. The van der Waals surface area contributed by atoms with Crippen molar-refractivity contribution in [3.63, 3.8) is 0 Å². The Balaban J connectivity index is 2.97. The van der Waals surface area contributed by atoms with Crippen LogP contribution in [0, 0.1) is 15.3 Å². The third-order valence-electron chi connectivity index (χ3n) is 1.77. The van der Waals surface area contributed by atoms with Crippen LogP contribution in [0.15, 0.2) is 6.20 Å². The molecule has 0 fully saturated rings. The van der Waals surface area contributed by atoms with E-state index in [1.165, 1.54) is 11.6 Å². The van der Waals surface area contributed by atoms with E-state index in [2.05, 4.69) is 4.98 Å². The summed E-state index contributed by atoms with van der Waals surface area (Å²) in [6.07, 6.45) is 2.15. The lowest BCUT2D eigenvalue weighted by Gasteiger charge is -1.99. The summed E-state index contributed by atoms with van der Waals surface area (Å²) in [6, 6.07) is 0. The quantitative estimate of drug-likeness (QED) is 0.233. The molecule has 0 bridgehead atoms. The van der Waals surface area contributed by atoms with E-state index in [-0.39, 0.29) is 24.8 Å². The highest BCUT2D eigenvalue weighted by Gasteiger charge is 2.16. The van der Waals surface area contributed by atoms with Crippen molar-refractivity contribution < 1.29 is 14.8 Å². The summed E-state index contributed by atoms with van der Waals surface area (Å²) in [7, 11) is 1.43. The zero-order valence-corrected chi connectivity index (χ0v) is 8.03. The third-order valence-corrected chi connectivity index (χ3v) is 1.77. The molecule has 1 aromatic heterocycles. The molecule has 0 unspecified atom stereocenters. The van der Waals surface area contributed by atoms with Crippen molar-refractivity contribution in [2.24, 2.45) is 7.05 Å². The molecular formula is C7H10N4O4. The van der Waals surface area contributed by atoms with Gasteiger partial charge in [0.2, 0.25) is 6.21 Å². The normalized spacial score (nSPS) is 11.7. The van der Waals surface area contributed by atoms with Gasteiger partial charge in [-0.05, 0) is 4.92 Å². The van der Waals surface area contributed by atoms with Crippen LogP contribution in [0.4, 0.5) is 5.82 Å². The predicted molar refractivity (Wildman–Crippen MR) is 50.6 cm³/mol. The van der Waals surface area contributed by atoms with Crippen molar-refractivity contribution in [3.8, 4) is 0 Å². The minimum Gasteiger partial charge on any atom is -0.624 e. The first-order chi connectivity index (χ1) is 7.06. The maximum Gasteiger partial charge on any atom is 0.343 e. The summed E-state index contributed by atoms with van der Waals surface area (Å²) in [5.74, 6) is -0.0243. The van der Waals surface area contributed by atoms with Crippen LogP contribution in [0.3, 0.4) is 0 Å². The van der Waals surface area contributed by atoms with Gasteiger partial charge in [-0.3, -0.25) is 0 Å². The molecular weight excluding hydrogens is 204 g/mol. The molecule has 0 aliphatic heterocycles. The zero-order chi connectivity index (χ0) is 11.4. The van der Waals surface area contributed by atoms with Crippen LogP contribution in [0.2, 0.25) is 0 Å². The molecule has 0 spiro atoms. The van der Waals surface area contributed by atoms with Crippen LogP contribution in [0.25, 0.3) is 0 Å². The smallest absolute Gasteiger partial charge is 0.343 e. The molecule has 8 nitrogen and oxygen atoms in total. The highest BCUT2D eigenvalue weighted by atomic mass is 16.6. The zero-order valence-electron chi connectivity index (χ0n) is 8.03. The SMILES string of the molecule is Cn1c([N+](=O)[O-])cnc1/C=[N+](\[O-])CCO. The maximum atomic E-state index is 11.0. The molecule has 0 amide bonds. The van der Waals surface area contributed by atoms with Crippen LogP contribution < -0.4 is 0 Å². The highest BCUT2D eigenvalue weighted by Crippen LogP contribution is 2.09. The van der Waals surface area contributed by atoms with E-state index < -0.39 is 4.92 Å². The number of nitrogens with zero attached hydrogens (tertiary/aromatic N) is 4. The minimum atomic E-state index is -0.592. The standard InChI is InChI=1S/C7H10N4O4/c1-9-6(5-10(13)2-3-12)8-4-7(9)11(14)15/h4-5,12H,2-3H2,1H3/b10-5-. The average molecular weight is 214 g/mol. The molecule has 0 atom stereocenters. The number of hydrogen-bond donors (Lipinski definition) is 1. The highest BCUT2D eigenvalue weighted by molar-refractivity contribution is 5.71. The van der Waals surface area contributed by atoms with Crippen LogP contribution in [0.1, 0.15) is 5.82 Å². The first kappa shape index (κ1) is 11.1. The van der Waals surface area contributed by atoms with Crippen LogP contribution in [-0.2, 0) is 7.05 Å². The average Bonchev–Trinajstić information content (AvgIpc) is 2.48. The molecule has 8 heteroatoms.